The average Bonchev–Trinajstić information content (AvgIpc) is 3.02. The van der Waals surface area contributed by atoms with Gasteiger partial charge in [0, 0.05) is 12.2 Å². The number of esters is 2. The minimum Gasteiger partial charge on any atom is -0.497 e. The van der Waals surface area contributed by atoms with Crippen LogP contribution in [0, 0.1) is 0 Å². The van der Waals surface area contributed by atoms with Crippen LogP contribution in [0.2, 0.25) is 0 Å². The number of benzene rings is 2. The molecule has 0 saturated heterocycles. The second-order valence-electron chi connectivity index (χ2n) is 10.1. The number of methoxy groups -OCH3 is 2. The van der Waals surface area contributed by atoms with E-state index in [4.69, 9.17) is 18.9 Å². The first-order chi connectivity index (χ1) is 20.4. The zero-order chi connectivity index (χ0) is 31.0. The lowest BCUT2D eigenvalue weighted by atomic mass is 10.1. The van der Waals surface area contributed by atoms with Gasteiger partial charge in [0.05, 0.1) is 14.2 Å². The molecule has 2 atom stereocenters. The number of carbonyl (C=O) groups is 2. The van der Waals surface area contributed by atoms with Crippen molar-refractivity contribution in [2.75, 3.05) is 14.2 Å². The lowest BCUT2D eigenvalue weighted by Crippen LogP contribution is -2.15. The molecule has 0 fully saturated rings. The predicted octanol–water partition coefficient (Wildman–Crippen LogP) is 9.22. The topological polar surface area (TPSA) is 71.1 Å². The van der Waals surface area contributed by atoms with Gasteiger partial charge in [-0.3, -0.25) is 0 Å². The maximum absolute atomic E-state index is 11.8. The Balaban J connectivity index is 0.000000420. The SMILES string of the molecule is CCCCCC(CC)OC(=O)C=Cc1ccc(OC)cc1.CCCCCC(CC)OC(=O)C=Cc1ccc(OC)cc1. The van der Waals surface area contributed by atoms with Crippen molar-refractivity contribution in [1.82, 2.24) is 0 Å². The van der Waals surface area contributed by atoms with Gasteiger partial charge in [-0.2, -0.15) is 0 Å². The lowest BCUT2D eigenvalue weighted by Gasteiger charge is -2.14. The molecule has 0 bridgehead atoms. The Bertz CT molecular complexity index is 954. The number of unbranched alkanes of at least 4 members (excludes halogenated alkanes) is 4. The molecule has 0 aromatic heterocycles. The van der Waals surface area contributed by atoms with E-state index in [2.05, 4.69) is 27.7 Å². The van der Waals surface area contributed by atoms with E-state index in [-0.39, 0.29) is 24.1 Å². The molecule has 6 heteroatoms. The molecule has 0 amide bonds. The number of hydrogen-bond donors (Lipinski definition) is 0. The molecule has 6 nitrogen and oxygen atoms in total. The molecule has 42 heavy (non-hydrogen) atoms. The minimum absolute atomic E-state index is 0.0320. The van der Waals surface area contributed by atoms with Gasteiger partial charge in [0.2, 0.25) is 0 Å². The third-order valence-electron chi connectivity index (χ3n) is 6.79. The van der Waals surface area contributed by atoms with Crippen molar-refractivity contribution in [2.24, 2.45) is 0 Å². The van der Waals surface area contributed by atoms with E-state index in [1.165, 1.54) is 37.8 Å². The van der Waals surface area contributed by atoms with Gasteiger partial charge in [-0.05, 0) is 86.1 Å². The van der Waals surface area contributed by atoms with Gasteiger partial charge in [-0.15, -0.1) is 0 Å². The molecular weight excluding hydrogens is 528 g/mol. The Morgan fingerprint density at radius 1 is 0.595 bits per heavy atom. The minimum atomic E-state index is -0.269. The van der Waals surface area contributed by atoms with Crippen LogP contribution in [0.5, 0.6) is 11.5 Å². The highest BCUT2D eigenvalue weighted by Crippen LogP contribution is 2.15. The summed E-state index contributed by atoms with van der Waals surface area (Å²) >= 11 is 0. The summed E-state index contributed by atoms with van der Waals surface area (Å²) in [5, 5.41) is 0. The Hall–Kier alpha value is -3.54. The average molecular weight is 581 g/mol. The molecule has 0 aliphatic rings. The van der Waals surface area contributed by atoms with E-state index in [0.29, 0.717) is 0 Å². The fraction of sp³-hybridized carbons (Fsp3) is 0.500. The molecule has 2 aromatic carbocycles. The first kappa shape index (κ1) is 36.5. The largest absolute Gasteiger partial charge is 0.497 e. The maximum Gasteiger partial charge on any atom is 0.331 e. The summed E-state index contributed by atoms with van der Waals surface area (Å²) in [6, 6.07) is 15.1. The van der Waals surface area contributed by atoms with Crippen molar-refractivity contribution in [2.45, 2.75) is 104 Å². The molecule has 2 rings (SSSR count). The van der Waals surface area contributed by atoms with Crippen molar-refractivity contribution < 1.29 is 28.5 Å². The standard InChI is InChI=1S/2C18H26O3/c2*1-4-6-7-8-16(5-2)21-18(19)14-11-15-9-12-17(20-3)13-10-15/h2*9-14,16H,4-8H2,1-3H3. The molecule has 232 valence electrons. The van der Waals surface area contributed by atoms with Crippen molar-refractivity contribution in [3.8, 4) is 11.5 Å². The quantitative estimate of drug-likeness (QED) is 0.0994. The molecular formula is C36H52O6. The van der Waals surface area contributed by atoms with Crippen LogP contribution < -0.4 is 9.47 Å². The van der Waals surface area contributed by atoms with Crippen LogP contribution in [-0.2, 0) is 19.1 Å². The van der Waals surface area contributed by atoms with Gasteiger partial charge in [0.15, 0.2) is 0 Å². The second-order valence-corrected chi connectivity index (χ2v) is 10.1. The summed E-state index contributed by atoms with van der Waals surface area (Å²) in [5.41, 5.74) is 1.90. The smallest absolute Gasteiger partial charge is 0.331 e. The zero-order valence-electron chi connectivity index (χ0n) is 26.6. The Morgan fingerprint density at radius 3 is 1.24 bits per heavy atom. The highest BCUT2D eigenvalue weighted by Gasteiger charge is 2.11. The molecule has 0 N–H and O–H groups in total. The molecule has 0 spiro atoms. The molecule has 2 aromatic rings. The molecule has 0 radical (unpaired) electrons. The van der Waals surface area contributed by atoms with E-state index in [9.17, 15) is 9.59 Å². The molecule has 2 unspecified atom stereocenters. The number of ether oxygens (including phenoxy) is 4. The maximum atomic E-state index is 11.8. The summed E-state index contributed by atoms with van der Waals surface area (Å²) in [6.07, 6.45) is 17.2. The van der Waals surface area contributed by atoms with E-state index in [1.54, 1.807) is 26.4 Å². The first-order valence-electron chi connectivity index (χ1n) is 15.4. The monoisotopic (exact) mass is 580 g/mol. The van der Waals surface area contributed by atoms with Crippen molar-refractivity contribution >= 4 is 24.1 Å². The van der Waals surface area contributed by atoms with Crippen LogP contribution in [0.25, 0.3) is 12.2 Å². The highest BCUT2D eigenvalue weighted by atomic mass is 16.5. The van der Waals surface area contributed by atoms with Crippen LogP contribution >= 0.6 is 0 Å². The number of rotatable bonds is 18. The third-order valence-corrected chi connectivity index (χ3v) is 6.79. The van der Waals surface area contributed by atoms with Gasteiger partial charge in [0.25, 0.3) is 0 Å². The number of carbonyl (C=O) groups excluding carboxylic acids is 2. The summed E-state index contributed by atoms with van der Waals surface area (Å²) in [7, 11) is 3.26. The van der Waals surface area contributed by atoms with E-state index >= 15 is 0 Å². The fourth-order valence-electron chi connectivity index (χ4n) is 4.10. The fourth-order valence-corrected chi connectivity index (χ4v) is 4.10. The van der Waals surface area contributed by atoms with Crippen LogP contribution in [-0.4, -0.2) is 38.4 Å². The normalized spacial score (nSPS) is 12.3. The van der Waals surface area contributed by atoms with Gasteiger partial charge in [-0.1, -0.05) is 77.6 Å². The Labute approximate surface area is 254 Å². The van der Waals surface area contributed by atoms with E-state index in [1.807, 2.05) is 48.5 Å². The second kappa shape index (κ2) is 23.1. The summed E-state index contributed by atoms with van der Waals surface area (Å²) in [4.78, 5) is 23.6. The summed E-state index contributed by atoms with van der Waals surface area (Å²) in [5.74, 6) is 1.07. The van der Waals surface area contributed by atoms with Gasteiger partial charge in [-0.25, -0.2) is 9.59 Å². The van der Waals surface area contributed by atoms with Crippen LogP contribution in [0.15, 0.2) is 60.7 Å². The first-order valence-corrected chi connectivity index (χ1v) is 15.4. The Morgan fingerprint density at radius 2 is 0.952 bits per heavy atom. The van der Waals surface area contributed by atoms with Crippen molar-refractivity contribution in [3.05, 3.63) is 71.8 Å². The zero-order valence-corrected chi connectivity index (χ0v) is 26.6. The van der Waals surface area contributed by atoms with Crippen molar-refractivity contribution in [1.29, 1.82) is 0 Å². The highest BCUT2D eigenvalue weighted by molar-refractivity contribution is 5.87. The summed E-state index contributed by atoms with van der Waals surface area (Å²) < 4.78 is 21.1. The van der Waals surface area contributed by atoms with Crippen molar-refractivity contribution in [3.63, 3.8) is 0 Å². The van der Waals surface area contributed by atoms with E-state index in [0.717, 1.165) is 61.2 Å². The third kappa shape index (κ3) is 16.7. The molecule has 0 heterocycles. The van der Waals surface area contributed by atoms with Crippen LogP contribution in [0.1, 0.15) is 103 Å². The van der Waals surface area contributed by atoms with E-state index < -0.39 is 0 Å². The predicted molar refractivity (Wildman–Crippen MR) is 173 cm³/mol. The molecule has 0 aliphatic heterocycles. The van der Waals surface area contributed by atoms with Crippen LogP contribution in [0.4, 0.5) is 0 Å². The van der Waals surface area contributed by atoms with Gasteiger partial charge in [0.1, 0.15) is 23.7 Å². The molecule has 0 saturated carbocycles. The van der Waals surface area contributed by atoms with Crippen LogP contribution in [0.3, 0.4) is 0 Å². The lowest BCUT2D eigenvalue weighted by molar-refractivity contribution is -0.144. The number of hydrogen-bond acceptors (Lipinski definition) is 6. The summed E-state index contributed by atoms with van der Waals surface area (Å²) in [6.45, 7) is 8.45. The Kier molecular flexibility index (Phi) is 20.0. The van der Waals surface area contributed by atoms with Gasteiger partial charge < -0.3 is 18.9 Å². The molecule has 0 aliphatic carbocycles. The van der Waals surface area contributed by atoms with Gasteiger partial charge >= 0.3 is 11.9 Å².